The van der Waals surface area contributed by atoms with Crippen LogP contribution >= 0.6 is 11.8 Å². The number of hydrogen-bond donors (Lipinski definition) is 7. The summed E-state index contributed by atoms with van der Waals surface area (Å²) >= 11 is 1.50. The van der Waals surface area contributed by atoms with Gasteiger partial charge in [-0.05, 0) is 67.9 Å². The molecule has 0 fully saturated rings. The van der Waals surface area contributed by atoms with Crippen LogP contribution in [0.15, 0.2) is 54.6 Å². The Morgan fingerprint density at radius 3 is 2.19 bits per heavy atom. The number of benzene rings is 2. The van der Waals surface area contributed by atoms with Crippen LogP contribution in [0.3, 0.4) is 0 Å². The number of aromatic hydroxyl groups is 1. The van der Waals surface area contributed by atoms with E-state index in [-0.39, 0.29) is 18.6 Å². The van der Waals surface area contributed by atoms with Gasteiger partial charge >= 0.3 is 0 Å². The number of rotatable bonds is 18. The van der Waals surface area contributed by atoms with Gasteiger partial charge in [-0.2, -0.15) is 11.8 Å². The summed E-state index contributed by atoms with van der Waals surface area (Å²) in [5.41, 5.74) is 9.26. The molecule has 0 aromatic heterocycles. The highest BCUT2D eigenvalue weighted by Crippen LogP contribution is 2.11. The zero-order valence-electron chi connectivity index (χ0n) is 24.7. The van der Waals surface area contributed by atoms with Crippen molar-refractivity contribution in [3.63, 3.8) is 0 Å². The number of carbonyl (C=O) groups is 5. The van der Waals surface area contributed by atoms with E-state index in [1.807, 2.05) is 36.6 Å². The minimum absolute atomic E-state index is 0.0714. The Kier molecular flexibility index (Phi) is 13.6. The molecule has 12 nitrogen and oxygen atoms in total. The third kappa shape index (κ3) is 12.2. The number of primary amides is 1. The highest BCUT2D eigenvalue weighted by Gasteiger charge is 2.26. The fourth-order valence-electron chi connectivity index (χ4n) is 3.92. The first-order chi connectivity index (χ1) is 20.5. The molecule has 0 aliphatic heterocycles. The zero-order chi connectivity index (χ0) is 31.8. The van der Waals surface area contributed by atoms with E-state index in [1.165, 1.54) is 30.8 Å². The van der Waals surface area contributed by atoms with Crippen LogP contribution in [0.2, 0.25) is 1.41 Å². The van der Waals surface area contributed by atoms with Gasteiger partial charge in [0.15, 0.2) is 0 Å². The first-order valence-corrected chi connectivity index (χ1v) is 14.9. The summed E-state index contributed by atoms with van der Waals surface area (Å²) in [6.45, 7) is 0.967. The Hall–Kier alpha value is -4.10. The Labute approximate surface area is 251 Å². The van der Waals surface area contributed by atoms with Gasteiger partial charge in [-0.25, -0.2) is 0 Å². The standard InChI is InChI=1S/C29H40N6O6S/c1-18(33-28(40)22(30)16-20-8-11-21(36)12-9-20)27(39)32-17-25(37)34-24(13-10-19-6-4-3-5-7-19)29(41)35-23(26(31)38)14-15-42-2/h3-9,11-12,18,22-24,36H,10,13-17,30H2,1-2H3,(H2,31,38)(H,32,39)(H,33,40)(H,34,37)(H,35,41)/t18-,22-,23-,24-/m0/s1/i/hD. The Balaban J connectivity index is 1.95. The van der Waals surface area contributed by atoms with Crippen LogP contribution < -0.4 is 32.7 Å². The molecule has 0 unspecified atom stereocenters. The maximum Gasteiger partial charge on any atom is 0.243 e. The van der Waals surface area contributed by atoms with Crippen molar-refractivity contribution in [3.05, 3.63) is 65.7 Å². The molecule has 42 heavy (non-hydrogen) atoms. The Bertz CT molecular complexity index is 1220. The van der Waals surface area contributed by atoms with Crippen molar-refractivity contribution >= 4 is 41.3 Å². The number of hydrogen-bond acceptors (Lipinski definition) is 8. The van der Waals surface area contributed by atoms with E-state index in [4.69, 9.17) is 7.15 Å². The second-order valence-electron chi connectivity index (χ2n) is 9.76. The monoisotopic (exact) mass is 601 g/mol. The number of amides is 5. The summed E-state index contributed by atoms with van der Waals surface area (Å²) in [5.74, 6) is -2.45. The maximum absolute atomic E-state index is 13.1. The van der Waals surface area contributed by atoms with Crippen molar-refractivity contribution in [3.8, 4) is 5.75 Å². The topological polar surface area (TPSA) is 206 Å². The number of carbonyl (C=O) groups excluding carboxylic acids is 5. The molecule has 0 aliphatic carbocycles. The predicted molar refractivity (Wildman–Crippen MR) is 161 cm³/mol. The van der Waals surface area contributed by atoms with E-state index >= 15 is 0 Å². The first kappa shape index (κ1) is 32.4. The summed E-state index contributed by atoms with van der Waals surface area (Å²) in [6.07, 6.45) is 3.06. The van der Waals surface area contributed by atoms with Gasteiger partial charge in [0.1, 0.15) is 25.3 Å². The van der Waals surface area contributed by atoms with Gasteiger partial charge in [-0.1, -0.05) is 42.5 Å². The summed E-state index contributed by atoms with van der Waals surface area (Å²) in [7, 11) is 0. The fourth-order valence-corrected chi connectivity index (χ4v) is 4.40. The molecular weight excluding hydrogens is 560 g/mol. The highest BCUT2D eigenvalue weighted by molar-refractivity contribution is 7.98. The lowest BCUT2D eigenvalue weighted by Gasteiger charge is -2.22. The van der Waals surface area contributed by atoms with Crippen molar-refractivity contribution in [1.29, 1.82) is 0 Å². The third-order valence-electron chi connectivity index (χ3n) is 6.35. The Morgan fingerprint density at radius 2 is 1.57 bits per heavy atom. The molecule has 0 heterocycles. The summed E-state index contributed by atoms with van der Waals surface area (Å²) in [5, 5.41) is 19.6. The zero-order valence-corrected chi connectivity index (χ0v) is 24.5. The van der Waals surface area contributed by atoms with Gasteiger partial charge in [-0.3, -0.25) is 24.0 Å². The summed E-state index contributed by atoms with van der Waals surface area (Å²) in [6, 6.07) is 11.7. The van der Waals surface area contributed by atoms with Crippen molar-refractivity contribution < 1.29 is 30.5 Å². The molecule has 0 spiro atoms. The van der Waals surface area contributed by atoms with Gasteiger partial charge in [-0.15, -0.1) is 0 Å². The summed E-state index contributed by atoms with van der Waals surface area (Å²) in [4.78, 5) is 62.9. The fraction of sp³-hybridized carbons (Fsp3) is 0.414. The van der Waals surface area contributed by atoms with E-state index in [1.54, 1.807) is 12.1 Å². The average Bonchev–Trinajstić information content (AvgIpc) is 2.99. The molecule has 9 N–H and O–H groups in total. The molecule has 0 radical (unpaired) electrons. The van der Waals surface area contributed by atoms with Crippen LogP contribution in [-0.4, -0.2) is 77.4 Å². The molecule has 228 valence electrons. The van der Waals surface area contributed by atoms with Crippen LogP contribution in [0, 0.1) is 0 Å². The minimum atomic E-state index is -1.03. The van der Waals surface area contributed by atoms with Crippen molar-refractivity contribution in [2.45, 2.75) is 56.8 Å². The lowest BCUT2D eigenvalue weighted by Crippen LogP contribution is -2.55. The van der Waals surface area contributed by atoms with Crippen LogP contribution in [-0.2, 0) is 36.8 Å². The third-order valence-corrected chi connectivity index (χ3v) is 7.00. The lowest BCUT2D eigenvalue weighted by molar-refractivity contribution is -0.132. The van der Waals surface area contributed by atoms with E-state index < -0.39 is 60.2 Å². The number of phenolic OH excluding ortho intramolecular Hbond substituents is 1. The van der Waals surface area contributed by atoms with E-state index in [0.29, 0.717) is 24.2 Å². The van der Waals surface area contributed by atoms with Gasteiger partial charge in [0, 0.05) is 0 Å². The molecule has 0 bridgehead atoms. The first-order valence-electron chi connectivity index (χ1n) is 14.0. The molecular formula is C29H40N6O6S. The number of phenols is 1. The summed E-state index contributed by atoms with van der Waals surface area (Å²) < 4.78 is 7.49. The van der Waals surface area contributed by atoms with Crippen LogP contribution in [0.25, 0.3) is 0 Å². The number of thioether (sulfide) groups is 1. The molecule has 0 saturated heterocycles. The van der Waals surface area contributed by atoms with Crippen molar-refractivity contribution in [1.82, 2.24) is 21.3 Å². The number of nitrogens with two attached hydrogens (primary N) is 2. The van der Waals surface area contributed by atoms with Gasteiger partial charge < -0.3 is 37.8 Å². The van der Waals surface area contributed by atoms with Gasteiger partial charge in [0.25, 0.3) is 0 Å². The van der Waals surface area contributed by atoms with Crippen molar-refractivity contribution in [2.75, 3.05) is 18.6 Å². The average molecular weight is 602 g/mol. The van der Waals surface area contributed by atoms with Crippen molar-refractivity contribution in [2.24, 2.45) is 11.5 Å². The smallest absolute Gasteiger partial charge is 0.243 e. The quantitative estimate of drug-likeness (QED) is 0.121. The van der Waals surface area contributed by atoms with Crippen LogP contribution in [0.1, 0.15) is 30.9 Å². The number of nitrogens with one attached hydrogen (secondary N) is 4. The second-order valence-corrected chi connectivity index (χ2v) is 10.7. The largest absolute Gasteiger partial charge is 0.508 e. The molecule has 2 aromatic carbocycles. The molecule has 4 atom stereocenters. The molecule has 0 aliphatic rings. The Morgan fingerprint density at radius 1 is 0.881 bits per heavy atom. The van der Waals surface area contributed by atoms with E-state index in [9.17, 15) is 29.1 Å². The normalized spacial score (nSPS) is 13.9. The maximum atomic E-state index is 13.1. The predicted octanol–water partition coefficient (Wildman–Crippen LogP) is -0.276. The van der Waals surface area contributed by atoms with Crippen LogP contribution in [0.5, 0.6) is 5.75 Å². The van der Waals surface area contributed by atoms with E-state index in [0.717, 1.165) is 5.56 Å². The SMILES string of the molecule is [2H]N[C@@H](Cc1ccc(O)cc1)C(=O)N[C@@H](C)C(=O)NCC(=O)N[C@@H](CCc1ccccc1)C(=O)N[C@@H](CCSC)C(N)=O. The van der Waals surface area contributed by atoms with Crippen LogP contribution in [0.4, 0.5) is 0 Å². The van der Waals surface area contributed by atoms with Gasteiger partial charge in [0.2, 0.25) is 29.5 Å². The van der Waals surface area contributed by atoms with Gasteiger partial charge in [0.05, 0.1) is 12.6 Å². The molecule has 2 rings (SSSR count). The molecule has 2 aromatic rings. The highest BCUT2D eigenvalue weighted by atomic mass is 32.2. The molecule has 0 saturated carbocycles. The molecule has 5 amide bonds. The lowest BCUT2D eigenvalue weighted by atomic mass is 10.0. The van der Waals surface area contributed by atoms with E-state index in [2.05, 4.69) is 27.0 Å². The minimum Gasteiger partial charge on any atom is -0.508 e. The number of aryl methyl sites for hydroxylation is 1. The second kappa shape index (κ2) is 17.7. The molecule has 13 heteroatoms.